The van der Waals surface area contributed by atoms with Gasteiger partial charge in [0, 0.05) is 12.0 Å². The third-order valence-corrected chi connectivity index (χ3v) is 4.72. The maximum atomic E-state index is 12.5. The SMILES string of the molecule is CC(C)(C)C(=O)Oc1ccc(C[C@H](NC(=O)c2ccccc2)C(=O)O)cc1OC(=O)C(C)(C)C. The number of amides is 1. The van der Waals surface area contributed by atoms with Crippen LogP contribution in [-0.2, 0) is 20.8 Å². The average Bonchev–Trinajstić information content (AvgIpc) is 2.74. The molecule has 1 amide bonds. The van der Waals surface area contributed by atoms with Gasteiger partial charge in [-0.2, -0.15) is 0 Å². The zero-order valence-corrected chi connectivity index (χ0v) is 20.3. The second kappa shape index (κ2) is 10.5. The lowest BCUT2D eigenvalue weighted by Gasteiger charge is -2.21. The zero-order valence-electron chi connectivity index (χ0n) is 20.3. The van der Waals surface area contributed by atoms with Crippen molar-refractivity contribution >= 4 is 23.8 Å². The number of nitrogens with one attached hydrogen (secondary N) is 1. The quantitative estimate of drug-likeness (QED) is 0.464. The van der Waals surface area contributed by atoms with Gasteiger partial charge in [0.2, 0.25) is 0 Å². The predicted molar refractivity (Wildman–Crippen MR) is 126 cm³/mol. The molecule has 34 heavy (non-hydrogen) atoms. The Labute approximate surface area is 199 Å². The molecule has 0 fully saturated rings. The van der Waals surface area contributed by atoms with Crippen molar-refractivity contribution in [2.75, 3.05) is 0 Å². The summed E-state index contributed by atoms with van der Waals surface area (Å²) in [4.78, 5) is 49.1. The third kappa shape index (κ3) is 7.43. The van der Waals surface area contributed by atoms with E-state index in [0.717, 1.165) is 0 Å². The highest BCUT2D eigenvalue weighted by atomic mass is 16.6. The number of rotatable bonds is 7. The lowest BCUT2D eigenvalue weighted by atomic mass is 9.97. The lowest BCUT2D eigenvalue weighted by molar-refractivity contribution is -0.145. The maximum absolute atomic E-state index is 12.5. The summed E-state index contributed by atoms with van der Waals surface area (Å²) in [6, 6.07) is 11.5. The summed E-state index contributed by atoms with van der Waals surface area (Å²) in [6.07, 6.45) is -0.0819. The van der Waals surface area contributed by atoms with Crippen LogP contribution in [0, 0.1) is 10.8 Å². The van der Waals surface area contributed by atoms with Gasteiger partial charge in [0.15, 0.2) is 11.5 Å². The normalized spacial score (nSPS) is 12.4. The molecule has 2 rings (SSSR count). The number of carboxylic acids is 1. The number of hydrogen-bond acceptors (Lipinski definition) is 6. The number of esters is 2. The Hall–Kier alpha value is -3.68. The Morgan fingerprint density at radius 1 is 0.824 bits per heavy atom. The van der Waals surface area contributed by atoms with E-state index < -0.39 is 40.7 Å². The minimum Gasteiger partial charge on any atom is -0.480 e. The lowest BCUT2D eigenvalue weighted by Crippen LogP contribution is -2.42. The average molecular weight is 470 g/mol. The summed E-state index contributed by atoms with van der Waals surface area (Å²) in [5.41, 5.74) is -0.819. The fourth-order valence-electron chi connectivity index (χ4n) is 2.62. The van der Waals surface area contributed by atoms with Crippen molar-refractivity contribution in [1.82, 2.24) is 5.32 Å². The Morgan fingerprint density at radius 2 is 1.35 bits per heavy atom. The molecule has 182 valence electrons. The standard InChI is InChI=1S/C26H31NO7/c1-25(2,3)23(31)33-19-13-12-16(15-20(19)34-24(32)26(4,5)6)14-18(22(29)30)27-21(28)17-10-8-7-9-11-17/h7-13,15,18H,14H2,1-6H3,(H,27,28)(H,29,30)/t18-/m0/s1. The van der Waals surface area contributed by atoms with Crippen molar-refractivity contribution in [3.05, 3.63) is 59.7 Å². The van der Waals surface area contributed by atoms with Crippen molar-refractivity contribution in [3.63, 3.8) is 0 Å². The molecule has 0 aliphatic carbocycles. The van der Waals surface area contributed by atoms with Gasteiger partial charge in [0.05, 0.1) is 10.8 Å². The van der Waals surface area contributed by atoms with Gasteiger partial charge < -0.3 is 19.9 Å². The highest BCUT2D eigenvalue weighted by Gasteiger charge is 2.29. The molecule has 0 aliphatic heterocycles. The largest absolute Gasteiger partial charge is 0.480 e. The summed E-state index contributed by atoms with van der Waals surface area (Å²) < 4.78 is 11.0. The van der Waals surface area contributed by atoms with Gasteiger partial charge in [0.25, 0.3) is 5.91 Å². The molecule has 0 spiro atoms. The summed E-state index contributed by atoms with van der Waals surface area (Å²) in [5.74, 6) is -2.78. The van der Waals surface area contributed by atoms with Crippen LogP contribution >= 0.6 is 0 Å². The summed E-state index contributed by atoms with van der Waals surface area (Å²) >= 11 is 0. The van der Waals surface area contributed by atoms with Gasteiger partial charge in [0.1, 0.15) is 6.04 Å². The van der Waals surface area contributed by atoms with Crippen molar-refractivity contribution in [2.24, 2.45) is 10.8 Å². The van der Waals surface area contributed by atoms with E-state index in [9.17, 15) is 24.3 Å². The topological polar surface area (TPSA) is 119 Å². The molecule has 0 aromatic heterocycles. The molecule has 0 saturated heterocycles. The molecule has 0 unspecified atom stereocenters. The molecule has 0 aliphatic rings. The number of ether oxygens (including phenoxy) is 2. The molecule has 1 atom stereocenters. The molecule has 0 bridgehead atoms. The Bertz CT molecular complexity index is 1060. The Kier molecular flexibility index (Phi) is 8.21. The van der Waals surface area contributed by atoms with Crippen molar-refractivity contribution in [3.8, 4) is 11.5 Å². The van der Waals surface area contributed by atoms with Crippen LogP contribution in [0.1, 0.15) is 57.5 Å². The van der Waals surface area contributed by atoms with Gasteiger partial charge in [-0.25, -0.2) is 4.79 Å². The van der Waals surface area contributed by atoms with Crippen molar-refractivity contribution < 1.29 is 33.8 Å². The molecule has 2 N–H and O–H groups in total. The number of aliphatic carboxylic acids is 1. The van der Waals surface area contributed by atoms with E-state index >= 15 is 0 Å². The van der Waals surface area contributed by atoms with Crippen LogP contribution in [-0.4, -0.2) is 35.0 Å². The van der Waals surface area contributed by atoms with E-state index in [-0.39, 0.29) is 17.9 Å². The fraction of sp³-hybridized carbons (Fsp3) is 0.385. The van der Waals surface area contributed by atoms with E-state index in [4.69, 9.17) is 9.47 Å². The number of benzene rings is 2. The maximum Gasteiger partial charge on any atom is 0.326 e. The van der Waals surface area contributed by atoms with Crippen LogP contribution < -0.4 is 14.8 Å². The highest BCUT2D eigenvalue weighted by Crippen LogP contribution is 2.33. The van der Waals surface area contributed by atoms with Crippen LogP contribution in [0.15, 0.2) is 48.5 Å². The summed E-state index contributed by atoms with van der Waals surface area (Å²) in [7, 11) is 0. The second-order valence-electron chi connectivity index (χ2n) is 9.99. The monoisotopic (exact) mass is 469 g/mol. The van der Waals surface area contributed by atoms with E-state index in [0.29, 0.717) is 11.1 Å². The Morgan fingerprint density at radius 3 is 1.85 bits per heavy atom. The Balaban J connectivity index is 2.33. The number of carbonyl (C=O) groups is 4. The molecule has 2 aromatic carbocycles. The first kappa shape index (κ1) is 26.6. The minimum atomic E-state index is -1.23. The molecule has 0 radical (unpaired) electrons. The van der Waals surface area contributed by atoms with Crippen LogP contribution in [0.2, 0.25) is 0 Å². The second-order valence-corrected chi connectivity index (χ2v) is 9.99. The highest BCUT2D eigenvalue weighted by molar-refractivity contribution is 5.96. The summed E-state index contributed by atoms with van der Waals surface area (Å²) in [6.45, 7) is 10.1. The summed E-state index contributed by atoms with van der Waals surface area (Å²) in [5, 5.41) is 12.1. The van der Waals surface area contributed by atoms with E-state index in [1.165, 1.54) is 12.1 Å². The first-order chi connectivity index (χ1) is 15.7. The fourth-order valence-corrected chi connectivity index (χ4v) is 2.62. The molecule has 0 heterocycles. The van der Waals surface area contributed by atoms with E-state index in [1.807, 2.05) is 0 Å². The van der Waals surface area contributed by atoms with Crippen LogP contribution in [0.5, 0.6) is 11.5 Å². The van der Waals surface area contributed by atoms with Crippen molar-refractivity contribution in [2.45, 2.75) is 54.0 Å². The van der Waals surface area contributed by atoms with Crippen molar-refractivity contribution in [1.29, 1.82) is 0 Å². The third-order valence-electron chi connectivity index (χ3n) is 4.72. The number of carbonyl (C=O) groups excluding carboxylic acids is 3. The van der Waals surface area contributed by atoms with E-state index in [1.54, 1.807) is 77.9 Å². The molecular weight excluding hydrogens is 438 g/mol. The van der Waals surface area contributed by atoms with Gasteiger partial charge in [-0.3, -0.25) is 14.4 Å². The molecule has 8 nitrogen and oxygen atoms in total. The molecule has 2 aromatic rings. The van der Waals surface area contributed by atoms with Crippen LogP contribution in [0.4, 0.5) is 0 Å². The molecular formula is C26H31NO7. The molecule has 0 saturated carbocycles. The minimum absolute atomic E-state index is 0.00597. The van der Waals surface area contributed by atoms with Crippen LogP contribution in [0.3, 0.4) is 0 Å². The van der Waals surface area contributed by atoms with Gasteiger partial charge in [-0.15, -0.1) is 0 Å². The predicted octanol–water partition coefficient (Wildman–Crippen LogP) is 4.02. The number of carboxylic acid groups (broad SMARTS) is 1. The van der Waals surface area contributed by atoms with E-state index in [2.05, 4.69) is 5.32 Å². The first-order valence-electron chi connectivity index (χ1n) is 10.8. The van der Waals surface area contributed by atoms with Gasteiger partial charge in [-0.05, 0) is 71.4 Å². The zero-order chi connectivity index (χ0) is 25.7. The van der Waals surface area contributed by atoms with Gasteiger partial charge in [-0.1, -0.05) is 24.3 Å². The van der Waals surface area contributed by atoms with Gasteiger partial charge >= 0.3 is 17.9 Å². The smallest absolute Gasteiger partial charge is 0.326 e. The molecule has 8 heteroatoms. The van der Waals surface area contributed by atoms with Crippen LogP contribution in [0.25, 0.3) is 0 Å². The first-order valence-corrected chi connectivity index (χ1v) is 10.8. The number of hydrogen-bond donors (Lipinski definition) is 2.